The van der Waals surface area contributed by atoms with E-state index in [0.717, 1.165) is 50.1 Å². The van der Waals surface area contributed by atoms with Gasteiger partial charge in [-0.05, 0) is 111 Å². The maximum Gasteiger partial charge on any atom is 0.136 e. The molecule has 0 N–H and O–H groups in total. The van der Waals surface area contributed by atoms with E-state index in [0.29, 0.717) is 5.92 Å². The fourth-order valence-corrected chi connectivity index (χ4v) is 9.42. The van der Waals surface area contributed by atoms with Crippen molar-refractivity contribution in [1.82, 2.24) is 0 Å². The fourth-order valence-electron chi connectivity index (χ4n) is 9.42. The molecular weight excluding hydrogens is 703 g/mol. The Balaban J connectivity index is 1.15. The van der Waals surface area contributed by atoms with Gasteiger partial charge in [0.2, 0.25) is 0 Å². The normalized spacial score (nSPS) is 13.7. The second-order valence-corrected chi connectivity index (χ2v) is 17.1. The van der Waals surface area contributed by atoms with Crippen molar-refractivity contribution in [3.05, 3.63) is 187 Å². The second kappa shape index (κ2) is 14.8. The van der Waals surface area contributed by atoms with E-state index < -0.39 is 0 Å². The molecule has 2 nitrogen and oxygen atoms in total. The second-order valence-electron chi connectivity index (χ2n) is 17.1. The third-order valence-corrected chi connectivity index (χ3v) is 12.5. The Bertz CT molecular complexity index is 2900. The van der Waals surface area contributed by atoms with Gasteiger partial charge in [0.15, 0.2) is 0 Å². The Hall–Kier alpha value is -6.38. The van der Waals surface area contributed by atoms with Gasteiger partial charge in [-0.15, -0.1) is 0 Å². The highest BCUT2D eigenvalue weighted by Crippen LogP contribution is 2.48. The van der Waals surface area contributed by atoms with Crippen molar-refractivity contribution in [2.45, 2.75) is 64.2 Å². The molecule has 1 heterocycles. The summed E-state index contributed by atoms with van der Waals surface area (Å²) in [5, 5.41) is 5.00. The van der Waals surface area contributed by atoms with E-state index in [1.807, 2.05) is 12.1 Å². The molecule has 9 aromatic rings. The lowest BCUT2D eigenvalue weighted by Crippen LogP contribution is -2.13. The zero-order valence-electron chi connectivity index (χ0n) is 33.7. The summed E-state index contributed by atoms with van der Waals surface area (Å²) in [5.41, 5.74) is 15.3. The minimum Gasteiger partial charge on any atom is -0.456 e. The quantitative estimate of drug-likeness (QED) is 0.161. The van der Waals surface area contributed by atoms with Crippen molar-refractivity contribution in [2.24, 2.45) is 0 Å². The summed E-state index contributed by atoms with van der Waals surface area (Å²) in [6.07, 6.45) is 6.49. The first-order valence-electron chi connectivity index (χ1n) is 21.0. The van der Waals surface area contributed by atoms with E-state index in [1.54, 1.807) is 0 Å². The lowest BCUT2D eigenvalue weighted by Gasteiger charge is -2.31. The maximum atomic E-state index is 6.30. The number of hydrogen-bond acceptors (Lipinski definition) is 2. The summed E-state index contributed by atoms with van der Waals surface area (Å²) in [6, 6.07) is 64.9. The molecule has 0 saturated heterocycles. The van der Waals surface area contributed by atoms with Gasteiger partial charge in [0, 0.05) is 27.6 Å². The first-order chi connectivity index (χ1) is 28.4. The minimum atomic E-state index is 0.0780. The summed E-state index contributed by atoms with van der Waals surface area (Å²) >= 11 is 0. The van der Waals surface area contributed by atoms with Crippen molar-refractivity contribution in [1.29, 1.82) is 0 Å². The van der Waals surface area contributed by atoms with Crippen LogP contribution in [0.5, 0.6) is 0 Å². The summed E-state index contributed by atoms with van der Waals surface area (Å²) in [7, 11) is 0. The Morgan fingerprint density at radius 3 is 1.84 bits per heavy atom. The van der Waals surface area contributed by atoms with Crippen molar-refractivity contribution in [2.75, 3.05) is 4.90 Å². The first-order valence-corrected chi connectivity index (χ1v) is 21.0. The molecule has 1 aliphatic rings. The molecule has 1 saturated carbocycles. The van der Waals surface area contributed by atoms with Crippen LogP contribution in [-0.2, 0) is 5.41 Å². The Labute approximate surface area is 342 Å². The standard InChI is InChI=1S/C56H49NO/c1-56(2,3)43-32-27-40(28-33-43)45-19-7-10-24-51(45)57(44-34-29-38(30-35-44)42-31-36-49-48-21-9-12-26-53(48)58-54(49)37-42)52-25-11-8-20-47(52)50-23-14-18-41-17-13-22-46(55(41)50)39-15-5-4-6-16-39/h7-14,17-37,39H,4-6,15-16H2,1-3H3. The van der Waals surface area contributed by atoms with Gasteiger partial charge in [0.1, 0.15) is 11.2 Å². The number of furan rings is 1. The van der Waals surface area contributed by atoms with Gasteiger partial charge in [-0.1, -0.05) is 173 Å². The van der Waals surface area contributed by atoms with Crippen molar-refractivity contribution >= 4 is 49.8 Å². The monoisotopic (exact) mass is 751 g/mol. The molecule has 284 valence electrons. The number of para-hydroxylation sites is 3. The van der Waals surface area contributed by atoms with Gasteiger partial charge >= 0.3 is 0 Å². The van der Waals surface area contributed by atoms with Crippen molar-refractivity contribution < 1.29 is 4.42 Å². The van der Waals surface area contributed by atoms with Crippen LogP contribution in [0.2, 0.25) is 0 Å². The lowest BCUT2D eigenvalue weighted by atomic mass is 9.80. The van der Waals surface area contributed by atoms with Gasteiger partial charge in [-0.2, -0.15) is 0 Å². The minimum absolute atomic E-state index is 0.0780. The van der Waals surface area contributed by atoms with E-state index in [2.05, 4.69) is 189 Å². The molecule has 0 amide bonds. The van der Waals surface area contributed by atoms with Crippen LogP contribution < -0.4 is 4.90 Å². The largest absolute Gasteiger partial charge is 0.456 e. The predicted molar refractivity (Wildman–Crippen MR) is 247 cm³/mol. The van der Waals surface area contributed by atoms with E-state index >= 15 is 0 Å². The Kier molecular flexibility index (Phi) is 9.21. The van der Waals surface area contributed by atoms with Crippen LogP contribution in [0.25, 0.3) is 66.1 Å². The SMILES string of the molecule is CC(C)(C)c1ccc(-c2ccccc2N(c2ccc(-c3ccc4c(c3)oc3ccccc34)cc2)c2ccccc2-c2cccc3cccc(C4CCCCC4)c23)cc1. The van der Waals surface area contributed by atoms with E-state index in [4.69, 9.17) is 4.42 Å². The van der Waals surface area contributed by atoms with Gasteiger partial charge in [-0.3, -0.25) is 0 Å². The molecule has 2 heteroatoms. The van der Waals surface area contributed by atoms with E-state index in [-0.39, 0.29) is 5.41 Å². The van der Waals surface area contributed by atoms with Crippen LogP contribution in [0.15, 0.2) is 180 Å². The smallest absolute Gasteiger partial charge is 0.136 e. The highest BCUT2D eigenvalue weighted by molar-refractivity contribution is 6.06. The van der Waals surface area contributed by atoms with Crippen LogP contribution in [0.1, 0.15) is 69.9 Å². The number of nitrogens with zero attached hydrogens (tertiary/aromatic N) is 1. The van der Waals surface area contributed by atoms with E-state index in [1.165, 1.54) is 76.3 Å². The molecule has 1 fully saturated rings. The molecule has 1 aromatic heterocycles. The first kappa shape index (κ1) is 36.0. The number of benzene rings is 8. The highest BCUT2D eigenvalue weighted by Gasteiger charge is 2.24. The van der Waals surface area contributed by atoms with Gasteiger partial charge in [0.25, 0.3) is 0 Å². The number of anilines is 3. The summed E-state index contributed by atoms with van der Waals surface area (Å²) in [6.45, 7) is 6.83. The van der Waals surface area contributed by atoms with Crippen LogP contribution in [0.3, 0.4) is 0 Å². The van der Waals surface area contributed by atoms with Crippen molar-refractivity contribution in [3.8, 4) is 33.4 Å². The molecule has 58 heavy (non-hydrogen) atoms. The Morgan fingerprint density at radius 1 is 0.483 bits per heavy atom. The Morgan fingerprint density at radius 2 is 1.09 bits per heavy atom. The fraction of sp³-hybridized carbons (Fsp3) is 0.179. The molecule has 0 spiro atoms. The third-order valence-electron chi connectivity index (χ3n) is 12.5. The summed E-state index contributed by atoms with van der Waals surface area (Å²) < 4.78 is 6.30. The molecule has 0 radical (unpaired) electrons. The van der Waals surface area contributed by atoms with E-state index in [9.17, 15) is 0 Å². The average molecular weight is 752 g/mol. The predicted octanol–water partition coefficient (Wildman–Crippen LogP) is 16.6. The molecule has 0 unspecified atom stereocenters. The number of hydrogen-bond donors (Lipinski definition) is 0. The zero-order valence-corrected chi connectivity index (χ0v) is 33.7. The summed E-state index contributed by atoms with van der Waals surface area (Å²) in [4.78, 5) is 2.48. The molecule has 1 aliphatic carbocycles. The molecular formula is C56H49NO. The van der Waals surface area contributed by atoms with Crippen LogP contribution in [0.4, 0.5) is 17.1 Å². The average Bonchev–Trinajstić information content (AvgIpc) is 3.65. The highest BCUT2D eigenvalue weighted by atomic mass is 16.3. The molecule has 0 atom stereocenters. The maximum absolute atomic E-state index is 6.30. The van der Waals surface area contributed by atoms with Gasteiger partial charge < -0.3 is 9.32 Å². The number of rotatable bonds is 7. The number of fused-ring (bicyclic) bond motifs is 4. The molecule has 0 bridgehead atoms. The molecule has 8 aromatic carbocycles. The molecule has 10 rings (SSSR count). The van der Waals surface area contributed by atoms with Crippen LogP contribution >= 0.6 is 0 Å². The topological polar surface area (TPSA) is 16.4 Å². The third kappa shape index (κ3) is 6.57. The zero-order chi connectivity index (χ0) is 39.2. The molecule has 0 aliphatic heterocycles. The van der Waals surface area contributed by atoms with Crippen molar-refractivity contribution in [3.63, 3.8) is 0 Å². The van der Waals surface area contributed by atoms with Crippen LogP contribution in [-0.4, -0.2) is 0 Å². The van der Waals surface area contributed by atoms with Gasteiger partial charge in [-0.25, -0.2) is 0 Å². The van der Waals surface area contributed by atoms with Gasteiger partial charge in [0.05, 0.1) is 11.4 Å². The lowest BCUT2D eigenvalue weighted by molar-refractivity contribution is 0.445. The van der Waals surface area contributed by atoms with Crippen LogP contribution in [0, 0.1) is 0 Å². The summed E-state index contributed by atoms with van der Waals surface area (Å²) in [5.74, 6) is 0.588.